The molecule has 2 atom stereocenters. The summed E-state index contributed by atoms with van der Waals surface area (Å²) in [5.74, 6) is 6.16. The Labute approximate surface area is 166 Å². The highest BCUT2D eigenvalue weighted by atomic mass is 31.0. The topological polar surface area (TPSA) is 67.3 Å². The summed E-state index contributed by atoms with van der Waals surface area (Å²) < 4.78 is 0. The number of hydrogen-bond acceptors (Lipinski definition) is 4. The van der Waals surface area contributed by atoms with Crippen molar-refractivity contribution in [3.63, 3.8) is 0 Å². The molecule has 0 bridgehead atoms. The molecule has 27 heavy (non-hydrogen) atoms. The average molecular weight is 385 g/mol. The first kappa shape index (κ1) is 21.4. The Bertz CT molecular complexity index is 702. The van der Waals surface area contributed by atoms with Crippen molar-refractivity contribution in [3.05, 3.63) is 83.2 Å². The molecule has 0 aliphatic rings. The van der Waals surface area contributed by atoms with Crippen molar-refractivity contribution < 1.29 is 0 Å². The largest absolute Gasteiger partial charge is 0.401 e. The molecule has 2 aromatic carbocycles. The molecule has 5 N–H and O–H groups in total. The lowest BCUT2D eigenvalue weighted by atomic mass is 10.1. The molecule has 4 nitrogen and oxygen atoms in total. The van der Waals surface area contributed by atoms with E-state index in [-0.39, 0.29) is 5.78 Å². The van der Waals surface area contributed by atoms with Gasteiger partial charge in [-0.3, -0.25) is 0 Å². The molecular weight excluding hydrogens is 351 g/mol. The second kappa shape index (κ2) is 11.8. The van der Waals surface area contributed by atoms with E-state index in [2.05, 4.69) is 70.0 Å². The SMILES string of the molecule is CCCCN(N)/C=C(\N)CCc1cccc(C(P)NCc2ccccc2)c1. The smallest absolute Gasteiger partial charge is 0.0466 e. The molecule has 0 radical (unpaired) electrons. The number of nitrogens with two attached hydrogens (primary N) is 2. The highest BCUT2D eigenvalue weighted by Gasteiger charge is 2.06. The summed E-state index contributed by atoms with van der Waals surface area (Å²) in [5.41, 5.74) is 10.8. The Morgan fingerprint density at radius 3 is 2.63 bits per heavy atom. The second-order valence-electron chi connectivity index (χ2n) is 6.88. The molecule has 146 valence electrons. The average Bonchev–Trinajstić information content (AvgIpc) is 2.70. The number of unbranched alkanes of at least 4 members (excludes halogenated alkanes) is 1. The maximum absolute atomic E-state index is 6.13. The number of hydrazine groups is 1. The predicted molar refractivity (Wildman–Crippen MR) is 119 cm³/mol. The van der Waals surface area contributed by atoms with E-state index in [0.717, 1.165) is 44.5 Å². The van der Waals surface area contributed by atoms with E-state index in [1.807, 2.05) is 12.3 Å². The van der Waals surface area contributed by atoms with Gasteiger partial charge in [0.25, 0.3) is 0 Å². The summed E-state index contributed by atoms with van der Waals surface area (Å²) >= 11 is 0. The number of nitrogens with one attached hydrogen (secondary N) is 1. The first-order valence-electron chi connectivity index (χ1n) is 9.67. The molecule has 2 unspecified atom stereocenters. The molecule has 0 aliphatic carbocycles. The molecule has 0 saturated heterocycles. The van der Waals surface area contributed by atoms with Crippen molar-refractivity contribution in [1.29, 1.82) is 0 Å². The van der Waals surface area contributed by atoms with Crippen LogP contribution in [0.5, 0.6) is 0 Å². The lowest BCUT2D eigenvalue weighted by Crippen LogP contribution is -2.27. The van der Waals surface area contributed by atoms with Crippen molar-refractivity contribution in [2.24, 2.45) is 11.6 Å². The number of aryl methyl sites for hydroxylation is 1. The summed E-state index contributed by atoms with van der Waals surface area (Å²) in [4.78, 5) is 0. The molecular formula is C22H33N4P. The Kier molecular flexibility index (Phi) is 9.34. The highest BCUT2D eigenvalue weighted by Crippen LogP contribution is 2.22. The van der Waals surface area contributed by atoms with E-state index in [1.165, 1.54) is 16.7 Å². The van der Waals surface area contributed by atoms with Gasteiger partial charge in [-0.15, -0.1) is 9.24 Å². The van der Waals surface area contributed by atoms with Gasteiger partial charge < -0.3 is 16.1 Å². The fraction of sp³-hybridized carbons (Fsp3) is 0.364. The van der Waals surface area contributed by atoms with Crippen LogP contribution in [0.2, 0.25) is 0 Å². The van der Waals surface area contributed by atoms with E-state index in [9.17, 15) is 0 Å². The third kappa shape index (κ3) is 8.13. The molecule has 0 saturated carbocycles. The van der Waals surface area contributed by atoms with E-state index >= 15 is 0 Å². The summed E-state index contributed by atoms with van der Waals surface area (Å²) in [5, 5.41) is 5.25. The number of allylic oxidation sites excluding steroid dienone is 1. The van der Waals surface area contributed by atoms with Crippen LogP contribution in [-0.4, -0.2) is 11.6 Å². The van der Waals surface area contributed by atoms with Gasteiger partial charge >= 0.3 is 0 Å². The molecule has 5 heteroatoms. The third-order valence-corrected chi connectivity index (χ3v) is 5.10. The van der Waals surface area contributed by atoms with Crippen molar-refractivity contribution in [2.45, 2.75) is 44.9 Å². The van der Waals surface area contributed by atoms with Crippen LogP contribution in [-0.2, 0) is 13.0 Å². The standard InChI is InChI=1S/C22H33N4P/c1-2-3-14-26(24)17-21(23)13-12-18-10-7-11-20(15-18)22(27)25-16-19-8-5-4-6-9-19/h4-11,15,17,22,25H,2-3,12-14,16,23-24,27H2,1H3/b21-17-. The van der Waals surface area contributed by atoms with Gasteiger partial charge in [0.2, 0.25) is 0 Å². The van der Waals surface area contributed by atoms with Crippen LogP contribution in [0.3, 0.4) is 0 Å². The van der Waals surface area contributed by atoms with Crippen molar-refractivity contribution in [1.82, 2.24) is 10.3 Å². The van der Waals surface area contributed by atoms with E-state index < -0.39 is 0 Å². The monoisotopic (exact) mass is 384 g/mol. The maximum atomic E-state index is 6.13. The molecule has 0 heterocycles. The zero-order chi connectivity index (χ0) is 19.5. The number of hydrogen-bond donors (Lipinski definition) is 3. The van der Waals surface area contributed by atoms with Gasteiger partial charge in [-0.25, -0.2) is 5.84 Å². The summed E-state index contributed by atoms with van der Waals surface area (Å²) in [6.07, 6.45) is 5.78. The molecule has 2 aromatic rings. The van der Waals surface area contributed by atoms with Crippen LogP contribution in [0.15, 0.2) is 66.5 Å². The zero-order valence-electron chi connectivity index (χ0n) is 16.3. The minimum absolute atomic E-state index is 0.214. The molecule has 0 amide bonds. The van der Waals surface area contributed by atoms with Gasteiger partial charge in [-0.1, -0.05) is 67.9 Å². The van der Waals surface area contributed by atoms with E-state index in [1.54, 1.807) is 5.01 Å². The van der Waals surface area contributed by atoms with E-state index in [4.69, 9.17) is 11.6 Å². The van der Waals surface area contributed by atoms with Crippen LogP contribution >= 0.6 is 9.24 Å². The number of rotatable bonds is 11. The lowest BCUT2D eigenvalue weighted by molar-refractivity contribution is 0.379. The van der Waals surface area contributed by atoms with Crippen LogP contribution in [0.1, 0.15) is 48.7 Å². The maximum Gasteiger partial charge on any atom is 0.0466 e. The first-order valence-corrected chi connectivity index (χ1v) is 10.3. The van der Waals surface area contributed by atoms with Crippen LogP contribution in [0.25, 0.3) is 0 Å². The van der Waals surface area contributed by atoms with Gasteiger partial charge in [0, 0.05) is 30.8 Å². The van der Waals surface area contributed by atoms with Crippen molar-refractivity contribution in [3.8, 4) is 0 Å². The molecule has 0 aromatic heterocycles. The quantitative estimate of drug-likeness (QED) is 0.310. The molecule has 2 rings (SSSR count). The minimum Gasteiger partial charge on any atom is -0.401 e. The first-order chi connectivity index (χ1) is 13.1. The fourth-order valence-electron chi connectivity index (χ4n) is 2.86. The zero-order valence-corrected chi connectivity index (χ0v) is 17.4. The van der Waals surface area contributed by atoms with Gasteiger partial charge in [0.05, 0.1) is 0 Å². The minimum atomic E-state index is 0.214. The van der Waals surface area contributed by atoms with Crippen molar-refractivity contribution >= 4 is 9.24 Å². The number of benzene rings is 2. The van der Waals surface area contributed by atoms with Crippen LogP contribution < -0.4 is 16.9 Å². The molecule has 0 fully saturated rings. The Balaban J connectivity index is 1.86. The fourth-order valence-corrected chi connectivity index (χ4v) is 3.18. The van der Waals surface area contributed by atoms with Gasteiger partial charge in [-0.05, 0) is 36.0 Å². The third-order valence-electron chi connectivity index (χ3n) is 4.48. The van der Waals surface area contributed by atoms with Crippen LogP contribution in [0, 0.1) is 0 Å². The number of nitrogens with zero attached hydrogens (tertiary/aromatic N) is 1. The van der Waals surface area contributed by atoms with Crippen LogP contribution in [0.4, 0.5) is 0 Å². The van der Waals surface area contributed by atoms with Gasteiger partial charge in [0.15, 0.2) is 0 Å². The lowest BCUT2D eigenvalue weighted by Gasteiger charge is -2.16. The second-order valence-corrected chi connectivity index (χ2v) is 7.55. The van der Waals surface area contributed by atoms with Gasteiger partial charge in [0.1, 0.15) is 0 Å². The predicted octanol–water partition coefficient (Wildman–Crippen LogP) is 4.06. The summed E-state index contributed by atoms with van der Waals surface area (Å²) in [7, 11) is 2.89. The van der Waals surface area contributed by atoms with E-state index in [0.29, 0.717) is 0 Å². The molecule has 0 aliphatic heterocycles. The van der Waals surface area contributed by atoms with Gasteiger partial charge in [-0.2, -0.15) is 0 Å². The summed E-state index contributed by atoms with van der Waals surface area (Å²) in [6, 6.07) is 19.1. The Morgan fingerprint density at radius 1 is 1.15 bits per heavy atom. The molecule has 0 spiro atoms. The highest BCUT2D eigenvalue weighted by molar-refractivity contribution is 7.17. The van der Waals surface area contributed by atoms with Crippen molar-refractivity contribution in [2.75, 3.05) is 6.54 Å². The Hall–Kier alpha value is -1.87. The summed E-state index contributed by atoms with van der Waals surface area (Å²) in [6.45, 7) is 3.84. The Morgan fingerprint density at radius 2 is 1.89 bits per heavy atom. The normalized spacial score (nSPS) is 12.8.